The molecule has 0 amide bonds. The number of halogens is 1. The van der Waals surface area contributed by atoms with Gasteiger partial charge in [-0.3, -0.25) is 0 Å². The van der Waals surface area contributed by atoms with Gasteiger partial charge in [0.25, 0.3) is 0 Å². The van der Waals surface area contributed by atoms with E-state index in [0.717, 1.165) is 11.3 Å². The van der Waals surface area contributed by atoms with Crippen LogP contribution in [0.4, 0.5) is 10.1 Å². The van der Waals surface area contributed by atoms with E-state index in [1.807, 2.05) is 6.07 Å². The fourth-order valence-electron chi connectivity index (χ4n) is 1.91. The normalized spacial score (nSPS) is 9.81. The van der Waals surface area contributed by atoms with E-state index in [-0.39, 0.29) is 5.75 Å². The van der Waals surface area contributed by atoms with Crippen molar-refractivity contribution >= 4 is 5.69 Å². The molecule has 0 fully saturated rings. The molecule has 0 aliphatic heterocycles. The van der Waals surface area contributed by atoms with Crippen LogP contribution in [0.3, 0.4) is 0 Å². The summed E-state index contributed by atoms with van der Waals surface area (Å²) in [6.07, 6.45) is 0. The minimum absolute atomic E-state index is 0.192. The summed E-state index contributed by atoms with van der Waals surface area (Å²) < 4.78 is 23.4. The predicted molar refractivity (Wildman–Crippen MR) is 78.0 cm³/mol. The van der Waals surface area contributed by atoms with Crippen LogP contribution in [0.15, 0.2) is 36.4 Å². The fourth-order valence-corrected chi connectivity index (χ4v) is 1.91. The molecule has 0 bridgehead atoms. The molecule has 0 radical (unpaired) electrons. The molecular weight excluding hydrogens is 271 g/mol. The van der Waals surface area contributed by atoms with E-state index in [2.05, 4.69) is 11.4 Å². The fraction of sp³-hybridized carbons (Fsp3) is 0.188. The van der Waals surface area contributed by atoms with Gasteiger partial charge in [-0.1, -0.05) is 6.07 Å². The second-order valence-electron chi connectivity index (χ2n) is 4.35. The molecule has 1 N–H and O–H groups in total. The Bertz CT molecular complexity index is 680. The Morgan fingerprint density at radius 1 is 1.10 bits per heavy atom. The number of benzene rings is 2. The highest BCUT2D eigenvalue weighted by Gasteiger charge is 2.05. The summed E-state index contributed by atoms with van der Waals surface area (Å²) in [4.78, 5) is 0. The molecule has 0 unspecified atom stereocenters. The third kappa shape index (κ3) is 3.42. The summed E-state index contributed by atoms with van der Waals surface area (Å²) in [5.74, 6) is 0.328. The maximum atomic E-state index is 13.3. The Balaban J connectivity index is 2.11. The third-order valence-corrected chi connectivity index (χ3v) is 3.03. The lowest BCUT2D eigenvalue weighted by molar-refractivity contribution is 0.387. The van der Waals surface area contributed by atoms with E-state index in [1.54, 1.807) is 24.3 Å². The highest BCUT2D eigenvalue weighted by Crippen LogP contribution is 2.23. The SMILES string of the molecule is COc1cc(NCc2ccc(C#N)c(OC)c2)ccc1F. The first-order valence-corrected chi connectivity index (χ1v) is 6.32. The van der Waals surface area contributed by atoms with Crippen molar-refractivity contribution in [2.45, 2.75) is 6.54 Å². The Morgan fingerprint density at radius 3 is 2.52 bits per heavy atom. The molecule has 0 spiro atoms. The Kier molecular flexibility index (Phi) is 4.62. The van der Waals surface area contributed by atoms with Crippen LogP contribution in [-0.2, 0) is 6.54 Å². The summed E-state index contributed by atoms with van der Waals surface area (Å²) >= 11 is 0. The zero-order valence-electron chi connectivity index (χ0n) is 11.8. The second kappa shape index (κ2) is 6.62. The molecule has 0 aliphatic carbocycles. The van der Waals surface area contributed by atoms with Crippen molar-refractivity contribution in [3.63, 3.8) is 0 Å². The molecule has 0 saturated heterocycles. The van der Waals surface area contributed by atoms with Gasteiger partial charge in [-0.2, -0.15) is 5.26 Å². The van der Waals surface area contributed by atoms with Crippen molar-refractivity contribution in [3.8, 4) is 17.6 Å². The highest BCUT2D eigenvalue weighted by atomic mass is 19.1. The monoisotopic (exact) mass is 286 g/mol. The van der Waals surface area contributed by atoms with Gasteiger partial charge in [0.15, 0.2) is 11.6 Å². The molecule has 0 saturated carbocycles. The third-order valence-electron chi connectivity index (χ3n) is 3.03. The molecule has 2 aromatic rings. The van der Waals surface area contributed by atoms with Crippen LogP contribution < -0.4 is 14.8 Å². The zero-order valence-corrected chi connectivity index (χ0v) is 11.8. The maximum absolute atomic E-state index is 13.3. The average molecular weight is 286 g/mol. The molecule has 2 aromatic carbocycles. The molecule has 5 heteroatoms. The second-order valence-corrected chi connectivity index (χ2v) is 4.35. The number of ether oxygens (including phenoxy) is 2. The zero-order chi connectivity index (χ0) is 15.2. The van der Waals surface area contributed by atoms with Gasteiger partial charge in [0.1, 0.15) is 11.8 Å². The number of nitrogens with zero attached hydrogens (tertiary/aromatic N) is 1. The van der Waals surface area contributed by atoms with Gasteiger partial charge >= 0.3 is 0 Å². The van der Waals surface area contributed by atoms with Crippen molar-refractivity contribution < 1.29 is 13.9 Å². The van der Waals surface area contributed by atoms with Crippen LogP contribution >= 0.6 is 0 Å². The summed E-state index contributed by atoms with van der Waals surface area (Å²) in [7, 11) is 2.95. The van der Waals surface area contributed by atoms with Gasteiger partial charge in [0.05, 0.1) is 19.8 Å². The number of rotatable bonds is 5. The molecule has 0 aromatic heterocycles. The highest BCUT2D eigenvalue weighted by molar-refractivity contribution is 5.50. The van der Waals surface area contributed by atoms with Crippen LogP contribution in [-0.4, -0.2) is 14.2 Å². The van der Waals surface area contributed by atoms with Crippen molar-refractivity contribution in [2.75, 3.05) is 19.5 Å². The minimum atomic E-state index is -0.400. The first-order valence-electron chi connectivity index (χ1n) is 6.32. The molecule has 21 heavy (non-hydrogen) atoms. The standard InChI is InChI=1S/C16H15FN2O2/c1-20-15-7-11(3-4-12(15)9-18)10-19-13-5-6-14(17)16(8-13)21-2/h3-8,19H,10H2,1-2H3. The van der Waals surface area contributed by atoms with Gasteiger partial charge in [0.2, 0.25) is 0 Å². The Hall–Kier alpha value is -2.74. The summed E-state index contributed by atoms with van der Waals surface area (Å²) in [5, 5.41) is 12.1. The molecule has 2 rings (SSSR count). The number of hydrogen-bond acceptors (Lipinski definition) is 4. The number of hydrogen-bond donors (Lipinski definition) is 1. The minimum Gasteiger partial charge on any atom is -0.495 e. The molecular formula is C16H15FN2O2. The van der Waals surface area contributed by atoms with E-state index >= 15 is 0 Å². The first kappa shape index (κ1) is 14.7. The van der Waals surface area contributed by atoms with E-state index < -0.39 is 5.82 Å². The number of methoxy groups -OCH3 is 2. The van der Waals surface area contributed by atoms with Gasteiger partial charge in [-0.25, -0.2) is 4.39 Å². The number of anilines is 1. The van der Waals surface area contributed by atoms with Crippen LogP contribution in [0.5, 0.6) is 11.5 Å². The lowest BCUT2D eigenvalue weighted by atomic mass is 10.1. The molecule has 4 nitrogen and oxygen atoms in total. The molecule has 0 heterocycles. The van der Waals surface area contributed by atoms with E-state index in [9.17, 15) is 4.39 Å². The molecule has 0 aliphatic rings. The smallest absolute Gasteiger partial charge is 0.165 e. The topological polar surface area (TPSA) is 54.3 Å². The van der Waals surface area contributed by atoms with Crippen LogP contribution in [0.2, 0.25) is 0 Å². The largest absolute Gasteiger partial charge is 0.495 e. The van der Waals surface area contributed by atoms with E-state index in [4.69, 9.17) is 14.7 Å². The van der Waals surface area contributed by atoms with Crippen LogP contribution in [0.1, 0.15) is 11.1 Å². The van der Waals surface area contributed by atoms with Crippen LogP contribution in [0.25, 0.3) is 0 Å². The first-order chi connectivity index (χ1) is 10.2. The Labute approximate surface area is 122 Å². The molecule has 0 atom stereocenters. The predicted octanol–water partition coefficient (Wildman–Crippen LogP) is 3.33. The summed E-state index contributed by atoms with van der Waals surface area (Å²) in [6.45, 7) is 0.525. The molecule has 108 valence electrons. The van der Waals surface area contributed by atoms with Gasteiger partial charge in [-0.15, -0.1) is 0 Å². The summed E-state index contributed by atoms with van der Waals surface area (Å²) in [5.41, 5.74) is 2.19. The van der Waals surface area contributed by atoms with Crippen LogP contribution in [0, 0.1) is 17.1 Å². The maximum Gasteiger partial charge on any atom is 0.165 e. The van der Waals surface area contributed by atoms with Crippen molar-refractivity contribution in [2.24, 2.45) is 0 Å². The van der Waals surface area contributed by atoms with E-state index in [1.165, 1.54) is 20.3 Å². The van der Waals surface area contributed by atoms with Gasteiger partial charge in [-0.05, 0) is 29.8 Å². The number of nitriles is 1. The number of nitrogens with one attached hydrogen (secondary N) is 1. The quantitative estimate of drug-likeness (QED) is 0.916. The lowest BCUT2D eigenvalue weighted by Crippen LogP contribution is -2.01. The Morgan fingerprint density at radius 2 is 1.86 bits per heavy atom. The van der Waals surface area contributed by atoms with Crippen molar-refractivity contribution in [1.82, 2.24) is 0 Å². The average Bonchev–Trinajstić information content (AvgIpc) is 2.53. The lowest BCUT2D eigenvalue weighted by Gasteiger charge is -2.10. The van der Waals surface area contributed by atoms with E-state index in [0.29, 0.717) is 17.9 Å². The van der Waals surface area contributed by atoms with Gasteiger partial charge in [0, 0.05) is 18.3 Å². The van der Waals surface area contributed by atoms with Gasteiger partial charge < -0.3 is 14.8 Å². The van der Waals surface area contributed by atoms with Crippen molar-refractivity contribution in [1.29, 1.82) is 5.26 Å². The van der Waals surface area contributed by atoms with Crippen molar-refractivity contribution in [3.05, 3.63) is 53.3 Å². The summed E-state index contributed by atoms with van der Waals surface area (Å²) in [6, 6.07) is 12.0.